The number of carbonyl (C=O) groups is 1. The lowest BCUT2D eigenvalue weighted by molar-refractivity contribution is 0.0526. The van der Waals surface area contributed by atoms with Crippen LogP contribution in [0.1, 0.15) is 22.8 Å². The normalized spacial score (nSPS) is 11.3. The van der Waals surface area contributed by atoms with Crippen molar-refractivity contribution in [2.24, 2.45) is 0 Å². The lowest BCUT2D eigenvalue weighted by Crippen LogP contribution is -2.19. The average molecular weight is 506 g/mol. The number of aromatic nitrogens is 5. The van der Waals surface area contributed by atoms with Crippen LogP contribution in [0, 0.1) is 0 Å². The molecule has 0 bridgehead atoms. The number of ether oxygens (including phenoxy) is 2. The van der Waals surface area contributed by atoms with Crippen LogP contribution in [0.2, 0.25) is 0 Å². The molecule has 0 aliphatic heterocycles. The van der Waals surface area contributed by atoms with Crippen LogP contribution >= 0.6 is 0 Å². The third-order valence-corrected chi connectivity index (χ3v) is 6.43. The molecule has 0 saturated heterocycles. The minimum Gasteiger partial charge on any atom is -0.496 e. The maximum Gasteiger partial charge on any atom is 0.338 e. The molecular formula is C29H23N5O4. The smallest absolute Gasteiger partial charge is 0.338 e. The number of hydrogen-bond acceptors (Lipinski definition) is 7. The van der Waals surface area contributed by atoms with Gasteiger partial charge >= 0.3 is 5.97 Å². The van der Waals surface area contributed by atoms with Crippen molar-refractivity contribution in [2.45, 2.75) is 13.5 Å². The van der Waals surface area contributed by atoms with E-state index in [4.69, 9.17) is 24.4 Å². The standard InChI is InChI=1S/C29H23N5O4/c1-3-38-29(36)18-12-14-20(15-13-18)34-17-30-26-24(28(34)35)25-27(32-22-10-6-5-9-21(22)31-25)33(26)16-19-8-4-7-11-23(19)37-2/h4-15,17H,3,16H2,1-2H3. The molecular weight excluding hydrogens is 482 g/mol. The Morgan fingerprint density at radius 3 is 2.34 bits per heavy atom. The second-order valence-electron chi connectivity index (χ2n) is 8.67. The number of rotatable bonds is 6. The third-order valence-electron chi connectivity index (χ3n) is 6.43. The summed E-state index contributed by atoms with van der Waals surface area (Å²) in [4.78, 5) is 40.4. The fourth-order valence-corrected chi connectivity index (χ4v) is 4.61. The van der Waals surface area contributed by atoms with E-state index in [-0.39, 0.29) is 12.2 Å². The first-order valence-electron chi connectivity index (χ1n) is 12.1. The van der Waals surface area contributed by atoms with Crippen molar-refractivity contribution in [3.05, 3.63) is 101 Å². The molecule has 6 aromatic rings. The second-order valence-corrected chi connectivity index (χ2v) is 8.67. The molecule has 0 N–H and O–H groups in total. The minimum atomic E-state index is -0.415. The zero-order valence-electron chi connectivity index (χ0n) is 20.8. The van der Waals surface area contributed by atoms with E-state index in [2.05, 4.69) is 0 Å². The highest BCUT2D eigenvalue weighted by molar-refractivity contribution is 6.04. The molecule has 0 aliphatic rings. The number of benzene rings is 3. The number of fused-ring (bicyclic) bond motifs is 4. The number of carbonyl (C=O) groups excluding carboxylic acids is 1. The van der Waals surface area contributed by atoms with Gasteiger partial charge in [-0.25, -0.2) is 19.7 Å². The molecule has 38 heavy (non-hydrogen) atoms. The van der Waals surface area contributed by atoms with E-state index in [1.807, 2.05) is 53.1 Å². The van der Waals surface area contributed by atoms with Gasteiger partial charge in [0.1, 0.15) is 23.0 Å². The van der Waals surface area contributed by atoms with E-state index in [1.165, 1.54) is 10.9 Å². The number of hydrogen-bond donors (Lipinski definition) is 0. The van der Waals surface area contributed by atoms with Crippen LogP contribution in [-0.4, -0.2) is 43.8 Å². The number of esters is 1. The highest BCUT2D eigenvalue weighted by Crippen LogP contribution is 2.28. The van der Waals surface area contributed by atoms with E-state index in [0.717, 1.165) is 16.8 Å². The fraction of sp³-hybridized carbons (Fsp3) is 0.138. The van der Waals surface area contributed by atoms with Crippen LogP contribution in [0.15, 0.2) is 83.9 Å². The Balaban J connectivity index is 1.58. The van der Waals surface area contributed by atoms with Crippen molar-refractivity contribution in [3.8, 4) is 11.4 Å². The third kappa shape index (κ3) is 3.85. The summed E-state index contributed by atoms with van der Waals surface area (Å²) in [6.45, 7) is 2.43. The van der Waals surface area contributed by atoms with Crippen molar-refractivity contribution >= 4 is 39.2 Å². The molecule has 3 heterocycles. The van der Waals surface area contributed by atoms with E-state index in [9.17, 15) is 9.59 Å². The van der Waals surface area contributed by atoms with Crippen LogP contribution < -0.4 is 10.3 Å². The van der Waals surface area contributed by atoms with Crippen molar-refractivity contribution < 1.29 is 14.3 Å². The van der Waals surface area contributed by atoms with E-state index < -0.39 is 5.97 Å². The summed E-state index contributed by atoms with van der Waals surface area (Å²) in [5.74, 6) is 0.313. The molecule has 0 saturated carbocycles. The Bertz CT molecular complexity index is 1890. The first-order chi connectivity index (χ1) is 18.6. The Morgan fingerprint density at radius 1 is 0.895 bits per heavy atom. The first kappa shape index (κ1) is 23.4. The van der Waals surface area contributed by atoms with Crippen LogP contribution in [0.3, 0.4) is 0 Å². The van der Waals surface area contributed by atoms with Crippen LogP contribution in [0.25, 0.3) is 38.9 Å². The minimum absolute atomic E-state index is 0.285. The predicted octanol–water partition coefficient (Wildman–Crippen LogP) is 4.52. The average Bonchev–Trinajstić information content (AvgIpc) is 3.25. The zero-order valence-corrected chi connectivity index (χ0v) is 20.8. The molecule has 0 spiro atoms. The lowest BCUT2D eigenvalue weighted by Gasteiger charge is -2.11. The Labute approximate surface area is 216 Å². The zero-order chi connectivity index (χ0) is 26.2. The van der Waals surface area contributed by atoms with Crippen molar-refractivity contribution in [3.63, 3.8) is 0 Å². The number of para-hydroxylation sites is 3. The molecule has 188 valence electrons. The topological polar surface area (TPSA) is 101 Å². The lowest BCUT2D eigenvalue weighted by atomic mass is 10.2. The quantitative estimate of drug-likeness (QED) is 0.307. The van der Waals surface area contributed by atoms with E-state index in [0.29, 0.717) is 45.5 Å². The molecule has 0 aliphatic carbocycles. The summed E-state index contributed by atoms with van der Waals surface area (Å²) in [5.41, 5.74) is 4.53. The van der Waals surface area contributed by atoms with Gasteiger partial charge in [-0.2, -0.15) is 0 Å². The molecule has 0 atom stereocenters. The summed E-state index contributed by atoms with van der Waals surface area (Å²) < 4.78 is 14.0. The molecule has 0 unspecified atom stereocenters. The van der Waals surface area contributed by atoms with Gasteiger partial charge < -0.3 is 14.0 Å². The fourth-order valence-electron chi connectivity index (χ4n) is 4.61. The van der Waals surface area contributed by atoms with E-state index in [1.54, 1.807) is 38.3 Å². The first-order valence-corrected chi connectivity index (χ1v) is 12.1. The van der Waals surface area contributed by atoms with Gasteiger partial charge in [-0.1, -0.05) is 30.3 Å². The molecule has 0 fully saturated rings. The monoisotopic (exact) mass is 505 g/mol. The van der Waals surface area contributed by atoms with Crippen molar-refractivity contribution in [1.82, 2.24) is 24.1 Å². The van der Waals surface area contributed by atoms with Crippen molar-refractivity contribution in [1.29, 1.82) is 0 Å². The molecule has 0 amide bonds. The van der Waals surface area contributed by atoms with Gasteiger partial charge in [0.2, 0.25) is 0 Å². The van der Waals surface area contributed by atoms with Gasteiger partial charge in [0.25, 0.3) is 5.56 Å². The highest BCUT2D eigenvalue weighted by atomic mass is 16.5. The summed E-state index contributed by atoms with van der Waals surface area (Å²) in [6, 6.07) is 21.9. The SMILES string of the molecule is CCOC(=O)c1ccc(-n2cnc3c(c2=O)c2nc4ccccc4nc2n3Cc2ccccc2OC)cc1. The van der Waals surface area contributed by atoms with Crippen LogP contribution in [0.5, 0.6) is 5.75 Å². The van der Waals surface area contributed by atoms with Gasteiger partial charge in [-0.05, 0) is 49.4 Å². The summed E-state index contributed by atoms with van der Waals surface area (Å²) in [5, 5.41) is 0.366. The molecule has 0 radical (unpaired) electrons. The van der Waals surface area contributed by atoms with Gasteiger partial charge in [0.05, 0.1) is 42.5 Å². The summed E-state index contributed by atoms with van der Waals surface area (Å²) in [7, 11) is 1.63. The number of nitrogens with zero attached hydrogens (tertiary/aromatic N) is 5. The van der Waals surface area contributed by atoms with Gasteiger partial charge in [-0.3, -0.25) is 9.36 Å². The van der Waals surface area contributed by atoms with Crippen LogP contribution in [0.4, 0.5) is 0 Å². The molecule has 6 rings (SSSR count). The Kier molecular flexibility index (Phi) is 5.80. The maximum atomic E-state index is 13.9. The molecule has 9 nitrogen and oxygen atoms in total. The van der Waals surface area contributed by atoms with Gasteiger partial charge in [-0.15, -0.1) is 0 Å². The Hall–Kier alpha value is -5.05. The molecule has 3 aromatic carbocycles. The van der Waals surface area contributed by atoms with Crippen LogP contribution in [-0.2, 0) is 11.3 Å². The summed E-state index contributed by atoms with van der Waals surface area (Å²) in [6.07, 6.45) is 1.49. The highest BCUT2D eigenvalue weighted by Gasteiger charge is 2.21. The van der Waals surface area contributed by atoms with Crippen molar-refractivity contribution in [2.75, 3.05) is 13.7 Å². The van der Waals surface area contributed by atoms with E-state index >= 15 is 0 Å². The second kappa shape index (κ2) is 9.44. The molecule has 9 heteroatoms. The molecule has 3 aromatic heterocycles. The van der Waals surface area contributed by atoms with Gasteiger partial charge in [0, 0.05) is 5.56 Å². The largest absolute Gasteiger partial charge is 0.496 e. The Morgan fingerprint density at radius 2 is 1.61 bits per heavy atom. The number of methoxy groups -OCH3 is 1. The summed E-state index contributed by atoms with van der Waals surface area (Å²) >= 11 is 0. The van der Waals surface area contributed by atoms with Gasteiger partial charge in [0.15, 0.2) is 11.3 Å². The predicted molar refractivity (Wildman–Crippen MR) is 144 cm³/mol. The maximum absolute atomic E-state index is 13.9.